The van der Waals surface area contributed by atoms with Crippen LogP contribution in [0, 0.1) is 0 Å². The number of carbonyl (C=O) groups is 2. The number of aldehydes is 1. The molecule has 1 aliphatic carbocycles. The number of rotatable bonds is 5. The monoisotopic (exact) mass is 288 g/mol. The van der Waals surface area contributed by atoms with Gasteiger partial charge in [-0.1, -0.05) is 0 Å². The molecule has 0 radical (unpaired) electrons. The summed E-state index contributed by atoms with van der Waals surface area (Å²) < 4.78 is 15.9. The first-order valence-corrected chi connectivity index (χ1v) is 6.90. The highest BCUT2D eigenvalue weighted by molar-refractivity contribution is 5.98. The quantitative estimate of drug-likeness (QED) is 0.625. The van der Waals surface area contributed by atoms with E-state index in [0.29, 0.717) is 22.8 Å². The maximum atomic E-state index is 11.4. The minimum atomic E-state index is -0.707. The highest BCUT2D eigenvalue weighted by Gasteiger charge is 2.31. The summed E-state index contributed by atoms with van der Waals surface area (Å²) >= 11 is 0. The fourth-order valence-corrected chi connectivity index (χ4v) is 2.38. The van der Waals surface area contributed by atoms with Gasteiger partial charge in [-0.3, -0.25) is 4.79 Å². The highest BCUT2D eigenvalue weighted by atomic mass is 16.6. The van der Waals surface area contributed by atoms with Crippen molar-refractivity contribution in [3.05, 3.63) is 29.5 Å². The SMILES string of the molecule is COC(=O)[C@@H](C)Oc1ccc2oc(C3CC3)c(C=O)c2c1. The van der Waals surface area contributed by atoms with E-state index < -0.39 is 12.1 Å². The van der Waals surface area contributed by atoms with Gasteiger partial charge in [-0.15, -0.1) is 0 Å². The van der Waals surface area contributed by atoms with Crippen LogP contribution < -0.4 is 4.74 Å². The first-order chi connectivity index (χ1) is 10.1. The van der Waals surface area contributed by atoms with Crippen LogP contribution in [0.25, 0.3) is 11.0 Å². The number of methoxy groups -OCH3 is 1. The summed E-state index contributed by atoms with van der Waals surface area (Å²) in [6, 6.07) is 5.21. The van der Waals surface area contributed by atoms with Gasteiger partial charge < -0.3 is 13.9 Å². The molecule has 1 saturated carbocycles. The van der Waals surface area contributed by atoms with E-state index in [1.54, 1.807) is 25.1 Å². The first kappa shape index (κ1) is 13.7. The molecule has 1 aliphatic rings. The third-order valence-electron chi connectivity index (χ3n) is 3.64. The van der Waals surface area contributed by atoms with Crippen molar-refractivity contribution in [1.82, 2.24) is 0 Å². The molecule has 0 unspecified atom stereocenters. The lowest BCUT2D eigenvalue weighted by molar-refractivity contribution is -0.147. The molecule has 2 aromatic rings. The zero-order valence-electron chi connectivity index (χ0n) is 11.9. The third kappa shape index (κ3) is 2.51. The highest BCUT2D eigenvalue weighted by Crippen LogP contribution is 2.44. The lowest BCUT2D eigenvalue weighted by Crippen LogP contribution is -2.24. The second-order valence-electron chi connectivity index (χ2n) is 5.21. The van der Waals surface area contributed by atoms with Gasteiger partial charge in [-0.2, -0.15) is 0 Å². The molecule has 3 rings (SSSR count). The van der Waals surface area contributed by atoms with Gasteiger partial charge in [-0.05, 0) is 38.0 Å². The van der Waals surface area contributed by atoms with Gasteiger partial charge in [-0.25, -0.2) is 4.79 Å². The molecule has 0 saturated heterocycles. The molecule has 0 amide bonds. The van der Waals surface area contributed by atoms with Gasteiger partial charge in [0.05, 0.1) is 12.7 Å². The van der Waals surface area contributed by atoms with Crippen LogP contribution >= 0.6 is 0 Å². The number of ether oxygens (including phenoxy) is 2. The number of esters is 1. The molecule has 1 aromatic carbocycles. The molecule has 0 N–H and O–H groups in total. The Morgan fingerprint density at radius 3 is 2.81 bits per heavy atom. The van der Waals surface area contributed by atoms with E-state index in [4.69, 9.17) is 9.15 Å². The van der Waals surface area contributed by atoms with E-state index in [9.17, 15) is 9.59 Å². The van der Waals surface area contributed by atoms with Gasteiger partial charge in [0.1, 0.15) is 17.1 Å². The summed E-state index contributed by atoms with van der Waals surface area (Å²) in [7, 11) is 1.31. The van der Waals surface area contributed by atoms with Crippen molar-refractivity contribution >= 4 is 23.2 Å². The summed E-state index contributed by atoms with van der Waals surface area (Å²) in [4.78, 5) is 22.7. The zero-order valence-corrected chi connectivity index (χ0v) is 11.9. The fraction of sp³-hybridized carbons (Fsp3) is 0.375. The summed E-state index contributed by atoms with van der Waals surface area (Å²) in [5, 5.41) is 0.724. The molecule has 1 atom stereocenters. The maximum Gasteiger partial charge on any atom is 0.346 e. The lowest BCUT2D eigenvalue weighted by Gasteiger charge is -2.12. The molecule has 0 aliphatic heterocycles. The van der Waals surface area contributed by atoms with E-state index in [0.717, 1.165) is 30.3 Å². The zero-order chi connectivity index (χ0) is 15.0. The van der Waals surface area contributed by atoms with E-state index in [1.165, 1.54) is 7.11 Å². The van der Waals surface area contributed by atoms with Crippen molar-refractivity contribution in [3.8, 4) is 5.75 Å². The van der Waals surface area contributed by atoms with E-state index in [1.807, 2.05) is 0 Å². The van der Waals surface area contributed by atoms with Crippen molar-refractivity contribution in [1.29, 1.82) is 0 Å². The Balaban J connectivity index is 1.95. The topological polar surface area (TPSA) is 65.7 Å². The maximum absolute atomic E-state index is 11.4. The Bertz CT molecular complexity index is 696. The van der Waals surface area contributed by atoms with Gasteiger partial charge in [0, 0.05) is 11.3 Å². The molecule has 1 heterocycles. The Hall–Kier alpha value is -2.30. The molecule has 5 nitrogen and oxygen atoms in total. The van der Waals surface area contributed by atoms with E-state index in [-0.39, 0.29) is 0 Å². The molecular formula is C16H16O5. The van der Waals surface area contributed by atoms with Crippen molar-refractivity contribution in [2.75, 3.05) is 7.11 Å². The fourth-order valence-electron chi connectivity index (χ4n) is 2.38. The van der Waals surface area contributed by atoms with Crippen molar-refractivity contribution < 1.29 is 23.5 Å². The van der Waals surface area contributed by atoms with Gasteiger partial charge in [0.15, 0.2) is 12.4 Å². The van der Waals surface area contributed by atoms with Gasteiger partial charge >= 0.3 is 5.97 Å². The van der Waals surface area contributed by atoms with Crippen LogP contribution in [-0.2, 0) is 9.53 Å². The number of benzene rings is 1. The number of furan rings is 1. The number of hydrogen-bond acceptors (Lipinski definition) is 5. The van der Waals surface area contributed by atoms with Crippen LogP contribution in [0.1, 0.15) is 41.8 Å². The lowest BCUT2D eigenvalue weighted by atomic mass is 10.1. The molecule has 110 valence electrons. The van der Waals surface area contributed by atoms with Crippen LogP contribution in [0.2, 0.25) is 0 Å². The smallest absolute Gasteiger partial charge is 0.346 e. The van der Waals surface area contributed by atoms with E-state index in [2.05, 4.69) is 4.74 Å². The van der Waals surface area contributed by atoms with Crippen molar-refractivity contribution in [3.63, 3.8) is 0 Å². The Morgan fingerprint density at radius 2 is 2.19 bits per heavy atom. The standard InChI is InChI=1S/C16H16O5/c1-9(16(18)19-2)20-11-5-6-14-12(7-11)13(8-17)15(21-14)10-3-4-10/h5-10H,3-4H2,1-2H3/t9-/m1/s1. The van der Waals surface area contributed by atoms with Crippen LogP contribution in [0.4, 0.5) is 0 Å². The molecule has 5 heteroatoms. The molecule has 21 heavy (non-hydrogen) atoms. The Morgan fingerprint density at radius 1 is 1.43 bits per heavy atom. The van der Waals surface area contributed by atoms with Gasteiger partial charge in [0.25, 0.3) is 0 Å². The number of carbonyl (C=O) groups excluding carboxylic acids is 2. The Labute approximate surface area is 121 Å². The van der Waals surface area contributed by atoms with Crippen LogP contribution in [0.15, 0.2) is 22.6 Å². The molecule has 1 fully saturated rings. The molecule has 0 spiro atoms. The molecule has 0 bridgehead atoms. The van der Waals surface area contributed by atoms with E-state index >= 15 is 0 Å². The molecule has 1 aromatic heterocycles. The number of fused-ring (bicyclic) bond motifs is 1. The normalized spacial score (nSPS) is 15.7. The summed E-state index contributed by atoms with van der Waals surface area (Å²) in [5.74, 6) is 1.18. The first-order valence-electron chi connectivity index (χ1n) is 6.90. The minimum Gasteiger partial charge on any atom is -0.479 e. The molecular weight excluding hydrogens is 272 g/mol. The second kappa shape index (κ2) is 5.24. The third-order valence-corrected chi connectivity index (χ3v) is 3.64. The van der Waals surface area contributed by atoms with Crippen molar-refractivity contribution in [2.24, 2.45) is 0 Å². The van der Waals surface area contributed by atoms with Crippen molar-refractivity contribution in [2.45, 2.75) is 31.8 Å². The summed E-state index contributed by atoms with van der Waals surface area (Å²) in [6.07, 6.45) is 2.24. The van der Waals surface area contributed by atoms with Crippen LogP contribution in [-0.4, -0.2) is 25.5 Å². The largest absolute Gasteiger partial charge is 0.479 e. The average Bonchev–Trinajstić information content (AvgIpc) is 3.27. The Kier molecular flexibility index (Phi) is 3.41. The van der Waals surface area contributed by atoms with Crippen LogP contribution in [0.5, 0.6) is 5.75 Å². The number of hydrogen-bond donors (Lipinski definition) is 0. The predicted molar refractivity (Wildman–Crippen MR) is 75.7 cm³/mol. The van der Waals surface area contributed by atoms with Gasteiger partial charge in [0.2, 0.25) is 0 Å². The summed E-state index contributed by atoms with van der Waals surface area (Å²) in [5.41, 5.74) is 1.25. The second-order valence-corrected chi connectivity index (χ2v) is 5.21. The van der Waals surface area contributed by atoms with Crippen LogP contribution in [0.3, 0.4) is 0 Å². The minimum absolute atomic E-state index is 0.357. The average molecular weight is 288 g/mol. The summed E-state index contributed by atoms with van der Waals surface area (Å²) in [6.45, 7) is 1.61. The predicted octanol–water partition coefficient (Wildman–Crippen LogP) is 3.06.